The summed E-state index contributed by atoms with van der Waals surface area (Å²) in [6, 6.07) is 8.04. The van der Waals surface area contributed by atoms with Gasteiger partial charge in [0.1, 0.15) is 11.2 Å². The van der Waals surface area contributed by atoms with Gasteiger partial charge in [-0.25, -0.2) is 9.97 Å². The number of hydrogen-bond donors (Lipinski definition) is 2. The third-order valence-corrected chi connectivity index (χ3v) is 5.58. The summed E-state index contributed by atoms with van der Waals surface area (Å²) in [7, 11) is 3.99. The van der Waals surface area contributed by atoms with Crippen LogP contribution in [0.5, 0.6) is 0 Å². The molecule has 9 nitrogen and oxygen atoms in total. The summed E-state index contributed by atoms with van der Waals surface area (Å²) in [6.45, 7) is 0. The van der Waals surface area contributed by atoms with E-state index in [4.69, 9.17) is 4.98 Å². The molecule has 0 aliphatic heterocycles. The first-order chi connectivity index (χ1) is 16.2. The zero-order valence-corrected chi connectivity index (χ0v) is 18.0. The number of pyridine rings is 4. The van der Waals surface area contributed by atoms with E-state index in [-0.39, 0.29) is 0 Å². The predicted molar refractivity (Wildman–Crippen MR) is 128 cm³/mol. The summed E-state index contributed by atoms with van der Waals surface area (Å²) in [6.07, 6.45) is 12.6. The van der Waals surface area contributed by atoms with Crippen molar-refractivity contribution in [3.63, 3.8) is 0 Å². The number of fused-ring (bicyclic) bond motifs is 2. The van der Waals surface area contributed by atoms with Crippen molar-refractivity contribution in [1.82, 2.24) is 40.1 Å². The van der Waals surface area contributed by atoms with Crippen LogP contribution in [0, 0.1) is 0 Å². The zero-order chi connectivity index (χ0) is 22.4. The van der Waals surface area contributed by atoms with Crippen LogP contribution in [0.4, 0.5) is 5.69 Å². The van der Waals surface area contributed by atoms with E-state index in [0.717, 1.165) is 44.4 Å². The lowest BCUT2D eigenvalue weighted by Gasteiger charge is -2.12. The van der Waals surface area contributed by atoms with Crippen LogP contribution < -0.4 is 4.90 Å². The molecule has 6 rings (SSSR count). The molecule has 33 heavy (non-hydrogen) atoms. The van der Waals surface area contributed by atoms with Crippen LogP contribution in [0.15, 0.2) is 67.6 Å². The highest BCUT2D eigenvalue weighted by atomic mass is 15.2. The molecule has 0 radical (unpaired) electrons. The highest BCUT2D eigenvalue weighted by Crippen LogP contribution is 2.32. The Morgan fingerprint density at radius 3 is 2.55 bits per heavy atom. The van der Waals surface area contributed by atoms with Gasteiger partial charge in [-0.2, -0.15) is 5.10 Å². The summed E-state index contributed by atoms with van der Waals surface area (Å²) >= 11 is 0. The van der Waals surface area contributed by atoms with Crippen molar-refractivity contribution in [2.24, 2.45) is 0 Å². The first kappa shape index (κ1) is 19.1. The van der Waals surface area contributed by atoms with E-state index in [1.807, 2.05) is 49.7 Å². The third-order valence-electron chi connectivity index (χ3n) is 5.58. The molecule has 0 bridgehead atoms. The van der Waals surface area contributed by atoms with Crippen LogP contribution in [0.2, 0.25) is 0 Å². The normalized spacial score (nSPS) is 11.3. The Labute approximate surface area is 188 Å². The van der Waals surface area contributed by atoms with Gasteiger partial charge < -0.3 is 9.88 Å². The average Bonchev–Trinajstić information content (AvgIpc) is 3.48. The molecule has 0 unspecified atom stereocenters. The molecule has 0 spiro atoms. The maximum Gasteiger partial charge on any atom is 0.159 e. The predicted octanol–water partition coefficient (Wildman–Crippen LogP) is 4.09. The van der Waals surface area contributed by atoms with Gasteiger partial charge in [-0.3, -0.25) is 20.1 Å². The fourth-order valence-electron chi connectivity index (χ4n) is 3.85. The maximum absolute atomic E-state index is 4.87. The largest absolute Gasteiger partial charge is 0.376 e. The van der Waals surface area contributed by atoms with Crippen LogP contribution >= 0.6 is 0 Å². The number of hydrogen-bond acceptors (Lipinski definition) is 7. The molecular weight excluding hydrogens is 414 g/mol. The highest BCUT2D eigenvalue weighted by molar-refractivity contribution is 5.96. The smallest absolute Gasteiger partial charge is 0.159 e. The minimum Gasteiger partial charge on any atom is -0.376 e. The molecule has 6 heterocycles. The molecule has 2 N–H and O–H groups in total. The second-order valence-corrected chi connectivity index (χ2v) is 7.93. The molecule has 0 fully saturated rings. The lowest BCUT2D eigenvalue weighted by Crippen LogP contribution is -2.08. The highest BCUT2D eigenvalue weighted by Gasteiger charge is 2.17. The minimum absolute atomic E-state index is 0.647. The quantitative estimate of drug-likeness (QED) is 0.431. The number of imidazole rings is 1. The molecule has 0 atom stereocenters. The maximum atomic E-state index is 4.87. The average molecular weight is 433 g/mol. The fraction of sp³-hybridized carbons (Fsp3) is 0.0833. The molecule has 9 heteroatoms. The van der Waals surface area contributed by atoms with Gasteiger partial charge in [0.25, 0.3) is 0 Å². The lowest BCUT2D eigenvalue weighted by molar-refractivity contribution is 1.09. The van der Waals surface area contributed by atoms with Gasteiger partial charge in [0.15, 0.2) is 11.5 Å². The van der Waals surface area contributed by atoms with Gasteiger partial charge in [0.2, 0.25) is 0 Å². The van der Waals surface area contributed by atoms with Crippen molar-refractivity contribution >= 4 is 27.8 Å². The second-order valence-electron chi connectivity index (χ2n) is 7.93. The van der Waals surface area contributed by atoms with E-state index in [1.165, 1.54) is 0 Å². The third kappa shape index (κ3) is 3.26. The Balaban J connectivity index is 1.48. The lowest BCUT2D eigenvalue weighted by atomic mass is 10.1. The van der Waals surface area contributed by atoms with Crippen molar-refractivity contribution in [1.29, 1.82) is 0 Å². The number of anilines is 1. The fourth-order valence-corrected chi connectivity index (χ4v) is 3.85. The van der Waals surface area contributed by atoms with Gasteiger partial charge in [-0.15, -0.1) is 0 Å². The van der Waals surface area contributed by atoms with Gasteiger partial charge in [-0.05, 0) is 18.2 Å². The van der Waals surface area contributed by atoms with Crippen LogP contribution in [-0.2, 0) is 0 Å². The molecule has 160 valence electrons. The molecule has 0 amide bonds. The Morgan fingerprint density at radius 1 is 0.848 bits per heavy atom. The number of H-pyrrole nitrogens is 2. The minimum atomic E-state index is 0.647. The molecule has 0 saturated carbocycles. The van der Waals surface area contributed by atoms with E-state index >= 15 is 0 Å². The Bertz CT molecular complexity index is 1600. The standard InChI is InChI=1S/C24H19N9/c1-33(2)17-6-15(9-26-11-17)16-7-18-22(31-32-23(18)28-10-16)24-29-20-13-27-12-19(21(20)30-24)14-4-3-5-25-8-14/h3-13H,1-2H3,(H,29,30)(H,28,31,32). The Kier molecular flexibility index (Phi) is 4.32. The van der Waals surface area contributed by atoms with E-state index in [9.17, 15) is 0 Å². The van der Waals surface area contributed by atoms with Crippen molar-refractivity contribution in [3.8, 4) is 33.8 Å². The van der Waals surface area contributed by atoms with Crippen molar-refractivity contribution < 1.29 is 0 Å². The molecule has 6 aromatic rings. The van der Waals surface area contributed by atoms with E-state index in [1.54, 1.807) is 24.8 Å². The van der Waals surface area contributed by atoms with Crippen LogP contribution in [0.25, 0.3) is 55.8 Å². The molecule has 0 aromatic carbocycles. The van der Waals surface area contributed by atoms with Crippen LogP contribution in [0.1, 0.15) is 0 Å². The van der Waals surface area contributed by atoms with Gasteiger partial charge >= 0.3 is 0 Å². The number of rotatable bonds is 4. The molecule has 6 aromatic heterocycles. The summed E-state index contributed by atoms with van der Waals surface area (Å²) in [5.41, 5.74) is 7.86. The Hall–Kier alpha value is -4.66. The topological polar surface area (TPSA) is 112 Å². The number of nitrogens with one attached hydrogen (secondary N) is 2. The van der Waals surface area contributed by atoms with Crippen LogP contribution in [0.3, 0.4) is 0 Å². The van der Waals surface area contributed by atoms with E-state index in [0.29, 0.717) is 17.2 Å². The SMILES string of the molecule is CN(C)c1cncc(-c2cnc3[nH]nc(-c4nc5c(-c6cccnc6)cncc5[nH]4)c3c2)c1. The molecular formula is C24H19N9. The van der Waals surface area contributed by atoms with Crippen molar-refractivity contribution in [3.05, 3.63) is 67.6 Å². The second kappa shape index (κ2) is 7.49. The summed E-state index contributed by atoms with van der Waals surface area (Å²) in [5.74, 6) is 0.647. The molecule has 0 saturated heterocycles. The summed E-state index contributed by atoms with van der Waals surface area (Å²) < 4.78 is 0. The van der Waals surface area contributed by atoms with Crippen molar-refractivity contribution in [2.75, 3.05) is 19.0 Å². The van der Waals surface area contributed by atoms with Crippen LogP contribution in [-0.4, -0.2) is 54.2 Å². The van der Waals surface area contributed by atoms with E-state index in [2.05, 4.69) is 47.2 Å². The first-order valence-electron chi connectivity index (χ1n) is 10.4. The number of nitrogens with zero attached hydrogens (tertiary/aromatic N) is 7. The van der Waals surface area contributed by atoms with Gasteiger partial charge in [0, 0.05) is 67.3 Å². The molecule has 0 aliphatic rings. The summed E-state index contributed by atoms with van der Waals surface area (Å²) in [5, 5.41) is 8.39. The van der Waals surface area contributed by atoms with Gasteiger partial charge in [0.05, 0.1) is 29.0 Å². The monoisotopic (exact) mass is 433 g/mol. The number of aromatic amines is 2. The van der Waals surface area contributed by atoms with E-state index < -0.39 is 0 Å². The summed E-state index contributed by atoms with van der Waals surface area (Å²) in [4.78, 5) is 27.8. The van der Waals surface area contributed by atoms with Crippen molar-refractivity contribution in [2.45, 2.75) is 0 Å². The van der Waals surface area contributed by atoms with Gasteiger partial charge in [-0.1, -0.05) is 6.07 Å². The zero-order valence-electron chi connectivity index (χ0n) is 18.0. The Morgan fingerprint density at radius 2 is 1.70 bits per heavy atom. The molecule has 0 aliphatic carbocycles. The number of aromatic nitrogens is 8. The first-order valence-corrected chi connectivity index (χ1v) is 10.4.